The molecule has 0 aliphatic rings. The Labute approximate surface area is 52.4 Å². The molecular formula is C5H13O2P. The van der Waals surface area contributed by atoms with Crippen molar-refractivity contribution in [3.63, 3.8) is 0 Å². The average Bonchev–Trinajstić information content (AvgIpc) is 1.81. The average molecular weight is 136 g/mol. The summed E-state index contributed by atoms with van der Waals surface area (Å²) in [6, 6.07) is 0. The number of hydrogen-bond acceptors (Lipinski definition) is 2. The summed E-state index contributed by atoms with van der Waals surface area (Å²) in [6.07, 6.45) is 1.85. The van der Waals surface area contributed by atoms with Crippen LogP contribution in [-0.4, -0.2) is 20.1 Å². The van der Waals surface area contributed by atoms with Gasteiger partial charge in [-0.2, -0.15) is 0 Å². The van der Waals surface area contributed by atoms with Crippen LogP contribution in [0.25, 0.3) is 0 Å². The Bertz CT molecular complexity index is 35.4. The van der Waals surface area contributed by atoms with Gasteiger partial charge >= 0.3 is 0 Å². The smallest absolute Gasteiger partial charge is 0.0879 e. The lowest BCUT2D eigenvalue weighted by atomic mass is 10.5. The summed E-state index contributed by atoms with van der Waals surface area (Å²) >= 11 is 0. The quantitative estimate of drug-likeness (QED) is 0.422. The molecule has 0 bridgehead atoms. The zero-order valence-electron chi connectivity index (χ0n) is 5.44. The van der Waals surface area contributed by atoms with Crippen molar-refractivity contribution in [1.82, 2.24) is 0 Å². The Hall–Kier alpha value is 0.350. The van der Waals surface area contributed by atoms with Gasteiger partial charge in [-0.3, -0.25) is 0 Å². The highest BCUT2D eigenvalue weighted by Crippen LogP contribution is 2.07. The number of rotatable bonds is 5. The Balaban J connectivity index is 2.53. The summed E-state index contributed by atoms with van der Waals surface area (Å²) in [4.78, 5) is 0. The van der Waals surface area contributed by atoms with E-state index in [1.54, 1.807) is 7.11 Å². The van der Waals surface area contributed by atoms with Gasteiger partial charge in [-0.05, 0) is 6.42 Å². The fraction of sp³-hybridized carbons (Fsp3) is 1.00. The lowest BCUT2D eigenvalue weighted by molar-refractivity contribution is 0.176. The standard InChI is InChI=1S/C5H13O2P/c1-3-4-7-5-8-6-2/h8H,3-5H2,1-2H3. The number of hydrogen-bond donors (Lipinski definition) is 0. The molecule has 0 aliphatic heterocycles. The van der Waals surface area contributed by atoms with E-state index in [9.17, 15) is 0 Å². The van der Waals surface area contributed by atoms with E-state index in [0.717, 1.165) is 19.4 Å². The molecule has 0 saturated carbocycles. The van der Waals surface area contributed by atoms with Crippen LogP contribution in [-0.2, 0) is 9.26 Å². The monoisotopic (exact) mass is 136 g/mol. The second-order valence-corrected chi connectivity index (χ2v) is 2.39. The minimum atomic E-state index is 0.502. The van der Waals surface area contributed by atoms with E-state index in [4.69, 9.17) is 9.26 Å². The minimum absolute atomic E-state index is 0.502. The zero-order valence-corrected chi connectivity index (χ0v) is 6.44. The maximum atomic E-state index is 5.11. The SMILES string of the molecule is CCCOCPOC. The van der Waals surface area contributed by atoms with E-state index in [1.165, 1.54) is 0 Å². The summed E-state index contributed by atoms with van der Waals surface area (Å²) in [7, 11) is 2.19. The first-order valence-electron chi connectivity index (χ1n) is 2.75. The van der Waals surface area contributed by atoms with Crippen LogP contribution in [0.2, 0.25) is 0 Å². The molecule has 0 heterocycles. The van der Waals surface area contributed by atoms with Gasteiger partial charge in [0.25, 0.3) is 0 Å². The van der Waals surface area contributed by atoms with Crippen LogP contribution in [0.1, 0.15) is 13.3 Å². The summed E-state index contributed by atoms with van der Waals surface area (Å²) in [5, 5.41) is 0. The molecule has 0 aliphatic carbocycles. The van der Waals surface area contributed by atoms with Crippen LogP contribution in [0.5, 0.6) is 0 Å². The maximum absolute atomic E-state index is 5.11. The lowest BCUT2D eigenvalue weighted by Gasteiger charge is -1.98. The molecule has 8 heavy (non-hydrogen) atoms. The van der Waals surface area contributed by atoms with E-state index in [-0.39, 0.29) is 0 Å². The van der Waals surface area contributed by atoms with E-state index in [1.807, 2.05) is 0 Å². The van der Waals surface area contributed by atoms with Gasteiger partial charge in [-0.15, -0.1) is 0 Å². The summed E-state index contributed by atoms with van der Waals surface area (Å²) < 4.78 is 9.90. The fourth-order valence-corrected chi connectivity index (χ4v) is 0.663. The van der Waals surface area contributed by atoms with E-state index < -0.39 is 0 Å². The van der Waals surface area contributed by atoms with Crippen LogP contribution >= 0.6 is 8.81 Å². The third kappa shape index (κ3) is 6.35. The van der Waals surface area contributed by atoms with E-state index in [2.05, 4.69) is 6.92 Å². The third-order valence-electron chi connectivity index (χ3n) is 0.654. The Morgan fingerprint density at radius 2 is 2.25 bits per heavy atom. The second kappa shape index (κ2) is 7.35. The highest BCUT2D eigenvalue weighted by Gasteiger charge is 1.81. The first-order chi connectivity index (χ1) is 3.91. The van der Waals surface area contributed by atoms with Gasteiger partial charge in [0, 0.05) is 22.5 Å². The van der Waals surface area contributed by atoms with Crippen LogP contribution < -0.4 is 0 Å². The minimum Gasteiger partial charge on any atom is -0.375 e. The molecule has 0 aromatic rings. The molecule has 0 N–H and O–H groups in total. The van der Waals surface area contributed by atoms with Crippen molar-refractivity contribution in [3.8, 4) is 0 Å². The molecule has 0 aromatic heterocycles. The van der Waals surface area contributed by atoms with Gasteiger partial charge in [-0.1, -0.05) is 6.92 Å². The molecule has 1 unspecified atom stereocenters. The second-order valence-electron chi connectivity index (χ2n) is 1.40. The van der Waals surface area contributed by atoms with Gasteiger partial charge in [0.05, 0.1) is 6.35 Å². The molecule has 0 radical (unpaired) electrons. The van der Waals surface area contributed by atoms with E-state index in [0.29, 0.717) is 8.81 Å². The van der Waals surface area contributed by atoms with Crippen LogP contribution in [0.3, 0.4) is 0 Å². The molecule has 0 spiro atoms. The van der Waals surface area contributed by atoms with Crippen molar-refractivity contribution < 1.29 is 9.26 Å². The van der Waals surface area contributed by atoms with Crippen molar-refractivity contribution >= 4 is 8.81 Å². The van der Waals surface area contributed by atoms with Crippen molar-refractivity contribution in [2.24, 2.45) is 0 Å². The van der Waals surface area contributed by atoms with Crippen LogP contribution in [0.15, 0.2) is 0 Å². The van der Waals surface area contributed by atoms with Crippen LogP contribution in [0.4, 0.5) is 0 Å². The molecular weight excluding hydrogens is 123 g/mol. The fourth-order valence-electron chi connectivity index (χ4n) is 0.317. The lowest BCUT2D eigenvalue weighted by Crippen LogP contribution is -1.89. The summed E-state index contributed by atoms with van der Waals surface area (Å²) in [6.45, 7) is 2.95. The predicted octanol–water partition coefficient (Wildman–Crippen LogP) is 1.61. The molecule has 0 rings (SSSR count). The molecule has 1 atom stereocenters. The largest absolute Gasteiger partial charge is 0.375 e. The Morgan fingerprint density at radius 3 is 2.75 bits per heavy atom. The first kappa shape index (κ1) is 8.35. The molecule has 0 fully saturated rings. The summed E-state index contributed by atoms with van der Waals surface area (Å²) in [5.74, 6) is 0. The zero-order chi connectivity index (χ0) is 6.24. The van der Waals surface area contributed by atoms with Crippen molar-refractivity contribution in [2.75, 3.05) is 20.1 Å². The van der Waals surface area contributed by atoms with E-state index >= 15 is 0 Å². The molecule has 3 heteroatoms. The number of ether oxygens (including phenoxy) is 1. The Kier molecular flexibility index (Phi) is 7.67. The molecule has 50 valence electrons. The van der Waals surface area contributed by atoms with Gasteiger partial charge in [-0.25, -0.2) is 0 Å². The maximum Gasteiger partial charge on any atom is 0.0879 e. The van der Waals surface area contributed by atoms with Crippen molar-refractivity contribution in [3.05, 3.63) is 0 Å². The first-order valence-corrected chi connectivity index (χ1v) is 3.87. The molecule has 0 aromatic carbocycles. The highest BCUT2D eigenvalue weighted by atomic mass is 31.1. The van der Waals surface area contributed by atoms with Crippen molar-refractivity contribution in [1.29, 1.82) is 0 Å². The third-order valence-corrected chi connectivity index (χ3v) is 1.26. The Morgan fingerprint density at radius 1 is 1.50 bits per heavy atom. The topological polar surface area (TPSA) is 18.5 Å². The molecule has 0 saturated heterocycles. The highest BCUT2D eigenvalue weighted by molar-refractivity contribution is 7.31. The molecule has 0 amide bonds. The van der Waals surface area contributed by atoms with Crippen molar-refractivity contribution in [2.45, 2.75) is 13.3 Å². The van der Waals surface area contributed by atoms with Gasteiger partial charge in [0.2, 0.25) is 0 Å². The predicted molar refractivity (Wildman–Crippen MR) is 36.4 cm³/mol. The summed E-state index contributed by atoms with van der Waals surface area (Å²) in [5.41, 5.74) is 0. The van der Waals surface area contributed by atoms with Gasteiger partial charge in [0.1, 0.15) is 0 Å². The van der Waals surface area contributed by atoms with Gasteiger partial charge < -0.3 is 9.26 Å². The van der Waals surface area contributed by atoms with Gasteiger partial charge in [0.15, 0.2) is 0 Å². The molecule has 2 nitrogen and oxygen atoms in total. The normalized spacial score (nSPS) is 11.2. The van der Waals surface area contributed by atoms with Crippen LogP contribution in [0, 0.1) is 0 Å².